The molecular formula is C10H13N6O2S-. The van der Waals surface area contributed by atoms with E-state index in [1.54, 1.807) is 11.6 Å². The number of likely N-dealkylation sites (N-methyl/N-ethyl adjacent to an activating group) is 1. The van der Waals surface area contributed by atoms with Crippen LogP contribution >= 0.6 is 0 Å². The number of anilines is 2. The molecule has 102 valence electrons. The number of fused-ring (bicyclic) bond motifs is 1. The Bertz CT molecular complexity index is 638. The predicted molar refractivity (Wildman–Crippen MR) is 70.1 cm³/mol. The molecule has 1 fully saturated rings. The van der Waals surface area contributed by atoms with Crippen molar-refractivity contribution < 1.29 is 8.76 Å². The molecule has 2 aromatic rings. The fourth-order valence-corrected chi connectivity index (χ4v) is 2.47. The first-order chi connectivity index (χ1) is 9.04. The summed E-state index contributed by atoms with van der Waals surface area (Å²) in [5, 5.41) is 4.04. The lowest BCUT2D eigenvalue weighted by molar-refractivity contribution is 0.301. The minimum atomic E-state index is -2.17. The molecule has 0 aromatic carbocycles. The number of rotatable bonds is 3. The number of nitrogens with zero attached hydrogens (tertiary/aromatic N) is 5. The summed E-state index contributed by atoms with van der Waals surface area (Å²) in [4.78, 5) is 6.12. The molecule has 1 aliphatic heterocycles. The predicted octanol–water partition coefficient (Wildman–Crippen LogP) is -0.774. The van der Waals surface area contributed by atoms with Gasteiger partial charge in [-0.15, -0.1) is 5.10 Å². The van der Waals surface area contributed by atoms with Gasteiger partial charge in [-0.1, -0.05) is 0 Å². The minimum Gasteiger partial charge on any atom is -0.760 e. The molecule has 1 aliphatic rings. The molecule has 9 heteroatoms. The summed E-state index contributed by atoms with van der Waals surface area (Å²) in [6.07, 6.45) is 1.84. The fraction of sp³-hybridized carbons (Fsp3) is 0.400. The van der Waals surface area contributed by atoms with Crippen molar-refractivity contribution in [2.24, 2.45) is 0 Å². The first-order valence-electron chi connectivity index (χ1n) is 5.73. The van der Waals surface area contributed by atoms with Crippen molar-refractivity contribution in [2.45, 2.75) is 6.04 Å². The molecule has 3 rings (SSSR count). The van der Waals surface area contributed by atoms with Gasteiger partial charge in [0.05, 0.1) is 17.9 Å². The van der Waals surface area contributed by atoms with Crippen LogP contribution in [0.2, 0.25) is 0 Å². The van der Waals surface area contributed by atoms with Crippen molar-refractivity contribution in [3.8, 4) is 0 Å². The van der Waals surface area contributed by atoms with E-state index < -0.39 is 11.3 Å². The number of nitrogen functional groups attached to an aromatic ring is 1. The van der Waals surface area contributed by atoms with Gasteiger partial charge in [-0.2, -0.15) is 4.98 Å². The Morgan fingerprint density at radius 1 is 1.53 bits per heavy atom. The maximum atomic E-state index is 10.8. The van der Waals surface area contributed by atoms with Crippen molar-refractivity contribution in [3.05, 3.63) is 18.3 Å². The fourth-order valence-electron chi connectivity index (χ4n) is 2.09. The third kappa shape index (κ3) is 2.15. The van der Waals surface area contributed by atoms with Crippen LogP contribution in [0.15, 0.2) is 18.3 Å². The standard InChI is InChI=1S/C10H14N6O2S/c1-14(19(17)18)8-4-15(5-8)7-2-3-9-12-10(11)13-16(9)6-7/h2-3,6,8H,4-5H2,1H3,(H2,11,13)(H,17,18)/p-1. The molecule has 0 spiro atoms. The van der Waals surface area contributed by atoms with Crippen LogP contribution in [-0.2, 0) is 11.3 Å². The molecular weight excluding hydrogens is 268 g/mol. The summed E-state index contributed by atoms with van der Waals surface area (Å²) in [5.41, 5.74) is 7.19. The van der Waals surface area contributed by atoms with Crippen molar-refractivity contribution in [1.82, 2.24) is 18.9 Å². The first kappa shape index (κ1) is 12.3. The Balaban J connectivity index is 1.74. The van der Waals surface area contributed by atoms with Crippen LogP contribution in [0.25, 0.3) is 5.65 Å². The first-order valence-corrected chi connectivity index (χ1v) is 6.77. The Hall–Kier alpha value is -1.71. The zero-order valence-electron chi connectivity index (χ0n) is 10.3. The Kier molecular flexibility index (Phi) is 2.88. The van der Waals surface area contributed by atoms with Gasteiger partial charge in [-0.25, -0.2) is 8.82 Å². The van der Waals surface area contributed by atoms with Gasteiger partial charge in [0.1, 0.15) is 0 Å². The summed E-state index contributed by atoms with van der Waals surface area (Å²) < 4.78 is 24.6. The highest BCUT2D eigenvalue weighted by molar-refractivity contribution is 7.76. The SMILES string of the molecule is CN(C1CN(c2ccc3nc(N)nn3c2)C1)S(=O)[O-]. The van der Waals surface area contributed by atoms with Crippen LogP contribution in [0.3, 0.4) is 0 Å². The molecule has 2 N–H and O–H groups in total. The van der Waals surface area contributed by atoms with E-state index in [4.69, 9.17) is 5.73 Å². The maximum absolute atomic E-state index is 10.8. The van der Waals surface area contributed by atoms with Crippen molar-refractivity contribution in [1.29, 1.82) is 0 Å². The van der Waals surface area contributed by atoms with Crippen LogP contribution in [0.5, 0.6) is 0 Å². The van der Waals surface area contributed by atoms with Crippen LogP contribution in [0.1, 0.15) is 0 Å². The number of aromatic nitrogens is 3. The number of pyridine rings is 1. The highest BCUT2D eigenvalue weighted by Crippen LogP contribution is 2.23. The van der Waals surface area contributed by atoms with E-state index in [0.717, 1.165) is 5.69 Å². The molecule has 0 aliphatic carbocycles. The van der Waals surface area contributed by atoms with Gasteiger partial charge in [0, 0.05) is 24.4 Å². The number of hydrogen-bond acceptors (Lipinski definition) is 6. The molecule has 1 saturated heterocycles. The summed E-state index contributed by atoms with van der Waals surface area (Å²) in [6, 6.07) is 3.78. The average Bonchev–Trinajstić information content (AvgIpc) is 2.66. The van der Waals surface area contributed by atoms with Crippen molar-refractivity contribution in [3.63, 3.8) is 0 Å². The van der Waals surface area contributed by atoms with Gasteiger partial charge in [0.2, 0.25) is 5.95 Å². The zero-order chi connectivity index (χ0) is 13.6. The lowest BCUT2D eigenvalue weighted by Crippen LogP contribution is -2.58. The van der Waals surface area contributed by atoms with Gasteiger partial charge in [-0.3, -0.25) is 4.21 Å². The Morgan fingerprint density at radius 2 is 2.26 bits per heavy atom. The molecule has 1 atom stereocenters. The van der Waals surface area contributed by atoms with E-state index in [1.807, 2.05) is 18.3 Å². The summed E-state index contributed by atoms with van der Waals surface area (Å²) in [5.74, 6) is 0.236. The molecule has 8 nitrogen and oxygen atoms in total. The molecule has 3 heterocycles. The lowest BCUT2D eigenvalue weighted by Gasteiger charge is -2.45. The summed E-state index contributed by atoms with van der Waals surface area (Å²) >= 11 is -2.17. The van der Waals surface area contributed by atoms with E-state index in [-0.39, 0.29) is 12.0 Å². The van der Waals surface area contributed by atoms with Gasteiger partial charge < -0.3 is 15.2 Å². The van der Waals surface area contributed by atoms with E-state index in [9.17, 15) is 8.76 Å². The van der Waals surface area contributed by atoms with Gasteiger partial charge in [0.25, 0.3) is 0 Å². The number of nitrogens with two attached hydrogens (primary N) is 1. The quantitative estimate of drug-likeness (QED) is 0.741. The van der Waals surface area contributed by atoms with Gasteiger partial charge >= 0.3 is 0 Å². The summed E-state index contributed by atoms with van der Waals surface area (Å²) in [7, 11) is 1.58. The Labute approximate surface area is 112 Å². The smallest absolute Gasteiger partial charge is 0.240 e. The highest BCUT2D eigenvalue weighted by Gasteiger charge is 2.30. The molecule has 0 radical (unpaired) electrons. The van der Waals surface area contributed by atoms with Crippen LogP contribution in [0.4, 0.5) is 11.6 Å². The molecule has 2 aromatic heterocycles. The van der Waals surface area contributed by atoms with Crippen LogP contribution in [-0.4, -0.2) is 53.8 Å². The minimum absolute atomic E-state index is 0.0230. The zero-order valence-corrected chi connectivity index (χ0v) is 11.1. The van der Waals surface area contributed by atoms with E-state index in [1.165, 1.54) is 4.31 Å². The van der Waals surface area contributed by atoms with Gasteiger partial charge in [0.15, 0.2) is 5.65 Å². The third-order valence-electron chi connectivity index (χ3n) is 3.31. The highest BCUT2D eigenvalue weighted by atomic mass is 32.2. The normalized spacial score (nSPS) is 17.9. The third-order valence-corrected chi connectivity index (χ3v) is 4.08. The topological polar surface area (TPSA) is 103 Å². The second-order valence-electron chi connectivity index (χ2n) is 4.48. The van der Waals surface area contributed by atoms with Gasteiger partial charge in [-0.05, 0) is 19.2 Å². The average molecular weight is 281 g/mol. The molecule has 0 saturated carbocycles. The van der Waals surface area contributed by atoms with Crippen molar-refractivity contribution in [2.75, 3.05) is 30.8 Å². The lowest BCUT2D eigenvalue weighted by atomic mass is 10.1. The monoisotopic (exact) mass is 281 g/mol. The van der Waals surface area contributed by atoms with Crippen LogP contribution in [0, 0.1) is 0 Å². The van der Waals surface area contributed by atoms with Crippen molar-refractivity contribution >= 4 is 28.5 Å². The second-order valence-corrected chi connectivity index (χ2v) is 5.49. The van der Waals surface area contributed by atoms with E-state index >= 15 is 0 Å². The largest absolute Gasteiger partial charge is 0.760 e. The second kappa shape index (κ2) is 4.44. The Morgan fingerprint density at radius 3 is 2.95 bits per heavy atom. The summed E-state index contributed by atoms with van der Waals surface area (Å²) in [6.45, 7) is 1.33. The molecule has 1 unspecified atom stereocenters. The maximum Gasteiger partial charge on any atom is 0.240 e. The molecule has 0 bridgehead atoms. The van der Waals surface area contributed by atoms with Crippen LogP contribution < -0.4 is 10.6 Å². The molecule has 19 heavy (non-hydrogen) atoms. The van der Waals surface area contributed by atoms with E-state index in [2.05, 4.69) is 15.0 Å². The van der Waals surface area contributed by atoms with E-state index in [0.29, 0.717) is 18.7 Å². The number of hydrogen-bond donors (Lipinski definition) is 1. The molecule has 0 amide bonds.